The fourth-order valence-electron chi connectivity index (χ4n) is 2.27. The minimum absolute atomic E-state index is 0.971. The fraction of sp³-hybridized carbons (Fsp3) is 0.353. The van der Waals surface area contributed by atoms with E-state index < -0.39 is 0 Å². The molecule has 3 heteroatoms. The molecular weight excluding hydrogens is 246 g/mol. The van der Waals surface area contributed by atoms with Crippen molar-refractivity contribution in [3.8, 4) is 0 Å². The van der Waals surface area contributed by atoms with E-state index in [0.29, 0.717) is 0 Å². The summed E-state index contributed by atoms with van der Waals surface area (Å²) >= 11 is 0. The smallest absolute Gasteiger partial charge is 0.0615 e. The van der Waals surface area contributed by atoms with Crippen molar-refractivity contribution in [1.82, 2.24) is 4.98 Å². The Morgan fingerprint density at radius 2 is 1.70 bits per heavy atom. The van der Waals surface area contributed by atoms with E-state index in [1.807, 2.05) is 12.4 Å². The molecule has 1 aromatic heterocycles. The van der Waals surface area contributed by atoms with Crippen molar-refractivity contribution < 1.29 is 0 Å². The maximum Gasteiger partial charge on any atom is 0.0615 e. The number of hydrogen-bond donors (Lipinski definition) is 1. The van der Waals surface area contributed by atoms with Crippen molar-refractivity contribution in [3.05, 3.63) is 47.8 Å². The quantitative estimate of drug-likeness (QED) is 0.877. The Hall–Kier alpha value is -2.03. The first-order valence-corrected chi connectivity index (χ1v) is 7.11. The van der Waals surface area contributed by atoms with Gasteiger partial charge in [-0.25, -0.2) is 0 Å². The van der Waals surface area contributed by atoms with Crippen LogP contribution in [-0.2, 0) is 0 Å². The highest BCUT2D eigenvalue weighted by atomic mass is 15.1. The van der Waals surface area contributed by atoms with Gasteiger partial charge in [-0.15, -0.1) is 0 Å². The molecule has 0 radical (unpaired) electrons. The molecular formula is C17H23N3. The first-order valence-electron chi connectivity index (χ1n) is 7.11. The van der Waals surface area contributed by atoms with E-state index >= 15 is 0 Å². The second-order valence-electron chi connectivity index (χ2n) is 5.26. The zero-order valence-electron chi connectivity index (χ0n) is 12.8. The Morgan fingerprint density at radius 3 is 2.35 bits per heavy atom. The summed E-state index contributed by atoms with van der Waals surface area (Å²) in [5.41, 5.74) is 5.91. The molecule has 20 heavy (non-hydrogen) atoms. The van der Waals surface area contributed by atoms with Gasteiger partial charge in [0.1, 0.15) is 0 Å². The van der Waals surface area contributed by atoms with Crippen LogP contribution in [0.2, 0.25) is 0 Å². The lowest BCUT2D eigenvalue weighted by Gasteiger charge is -2.21. The summed E-state index contributed by atoms with van der Waals surface area (Å²) in [6.07, 6.45) is 4.88. The van der Waals surface area contributed by atoms with Crippen molar-refractivity contribution in [2.75, 3.05) is 23.8 Å². The van der Waals surface area contributed by atoms with Gasteiger partial charge in [-0.3, -0.25) is 4.98 Å². The van der Waals surface area contributed by atoms with Crippen LogP contribution in [0.25, 0.3) is 0 Å². The molecule has 0 unspecified atom stereocenters. The van der Waals surface area contributed by atoms with Gasteiger partial charge in [0.15, 0.2) is 0 Å². The van der Waals surface area contributed by atoms with Gasteiger partial charge in [-0.2, -0.15) is 0 Å². The molecule has 106 valence electrons. The second kappa shape index (κ2) is 6.42. The molecule has 3 nitrogen and oxygen atoms in total. The van der Waals surface area contributed by atoms with Crippen molar-refractivity contribution >= 4 is 17.1 Å². The SMILES string of the molecule is CCCNc1cncc(N(C)c2cc(C)cc(C)c2)c1. The molecule has 2 aromatic rings. The van der Waals surface area contributed by atoms with Crippen LogP contribution >= 0.6 is 0 Å². The summed E-state index contributed by atoms with van der Waals surface area (Å²) in [6.45, 7) is 7.38. The van der Waals surface area contributed by atoms with Gasteiger partial charge in [-0.05, 0) is 49.6 Å². The van der Waals surface area contributed by atoms with Gasteiger partial charge >= 0.3 is 0 Å². The van der Waals surface area contributed by atoms with E-state index in [1.165, 1.54) is 16.8 Å². The number of rotatable bonds is 5. The molecule has 1 aromatic carbocycles. The molecule has 0 aliphatic heterocycles. The van der Waals surface area contributed by atoms with Crippen LogP contribution in [0.3, 0.4) is 0 Å². The Labute approximate surface area is 121 Å². The first kappa shape index (κ1) is 14.4. The lowest BCUT2D eigenvalue weighted by atomic mass is 10.1. The molecule has 0 aliphatic carbocycles. The van der Waals surface area contributed by atoms with E-state index in [9.17, 15) is 0 Å². The minimum Gasteiger partial charge on any atom is -0.384 e. The van der Waals surface area contributed by atoms with Crippen LogP contribution in [-0.4, -0.2) is 18.6 Å². The Balaban J connectivity index is 2.25. The average Bonchev–Trinajstić information content (AvgIpc) is 2.43. The largest absolute Gasteiger partial charge is 0.384 e. The van der Waals surface area contributed by atoms with Crippen LogP contribution in [0.4, 0.5) is 17.1 Å². The second-order valence-corrected chi connectivity index (χ2v) is 5.26. The summed E-state index contributed by atoms with van der Waals surface area (Å²) in [5.74, 6) is 0. The number of nitrogens with one attached hydrogen (secondary N) is 1. The third-order valence-corrected chi connectivity index (χ3v) is 3.28. The van der Waals surface area contributed by atoms with Crippen molar-refractivity contribution in [3.63, 3.8) is 0 Å². The van der Waals surface area contributed by atoms with E-state index in [2.05, 4.69) is 67.3 Å². The van der Waals surface area contributed by atoms with Crippen LogP contribution < -0.4 is 10.2 Å². The Morgan fingerprint density at radius 1 is 1.00 bits per heavy atom. The summed E-state index contributed by atoms with van der Waals surface area (Å²) in [4.78, 5) is 6.50. The topological polar surface area (TPSA) is 28.2 Å². The molecule has 0 bridgehead atoms. The fourth-order valence-corrected chi connectivity index (χ4v) is 2.27. The summed E-state index contributed by atoms with van der Waals surface area (Å²) in [6, 6.07) is 8.72. The van der Waals surface area contributed by atoms with E-state index in [0.717, 1.165) is 24.3 Å². The maximum absolute atomic E-state index is 4.32. The van der Waals surface area contributed by atoms with Gasteiger partial charge in [0.05, 0.1) is 23.8 Å². The van der Waals surface area contributed by atoms with Gasteiger partial charge in [-0.1, -0.05) is 13.0 Å². The number of aryl methyl sites for hydroxylation is 2. The lowest BCUT2D eigenvalue weighted by Crippen LogP contribution is -2.11. The molecule has 0 atom stereocenters. The van der Waals surface area contributed by atoms with Crippen LogP contribution in [0.1, 0.15) is 24.5 Å². The zero-order valence-corrected chi connectivity index (χ0v) is 12.8. The molecule has 0 saturated carbocycles. The molecule has 0 aliphatic rings. The predicted octanol–water partition coefficient (Wildman–Crippen LogP) is 4.29. The highest BCUT2D eigenvalue weighted by Gasteiger charge is 2.06. The molecule has 0 fully saturated rings. The third-order valence-electron chi connectivity index (χ3n) is 3.28. The summed E-state index contributed by atoms with van der Waals surface area (Å²) in [5, 5.41) is 3.37. The number of aromatic nitrogens is 1. The molecule has 2 rings (SSSR count). The molecule has 0 saturated heterocycles. The van der Waals surface area contributed by atoms with Crippen LogP contribution in [0, 0.1) is 13.8 Å². The van der Waals surface area contributed by atoms with Gasteiger partial charge in [0, 0.05) is 19.3 Å². The lowest BCUT2D eigenvalue weighted by molar-refractivity contribution is 0.977. The van der Waals surface area contributed by atoms with Gasteiger partial charge < -0.3 is 10.2 Å². The van der Waals surface area contributed by atoms with Crippen molar-refractivity contribution in [2.45, 2.75) is 27.2 Å². The number of nitrogens with zero attached hydrogens (tertiary/aromatic N) is 2. The highest BCUT2D eigenvalue weighted by Crippen LogP contribution is 2.26. The van der Waals surface area contributed by atoms with Crippen molar-refractivity contribution in [1.29, 1.82) is 0 Å². The number of hydrogen-bond acceptors (Lipinski definition) is 3. The third kappa shape index (κ3) is 3.50. The summed E-state index contributed by atoms with van der Waals surface area (Å²) < 4.78 is 0. The standard InChI is InChI=1S/C17H23N3/c1-5-6-19-15-10-17(12-18-11-15)20(4)16-8-13(2)7-14(3)9-16/h7-12,19H,5-6H2,1-4H3. The number of benzene rings is 1. The van der Waals surface area contributed by atoms with Crippen LogP contribution in [0.15, 0.2) is 36.7 Å². The average molecular weight is 269 g/mol. The predicted molar refractivity (Wildman–Crippen MR) is 87.0 cm³/mol. The van der Waals surface area contributed by atoms with E-state index in [-0.39, 0.29) is 0 Å². The van der Waals surface area contributed by atoms with E-state index in [1.54, 1.807) is 0 Å². The zero-order chi connectivity index (χ0) is 14.5. The van der Waals surface area contributed by atoms with E-state index in [4.69, 9.17) is 0 Å². The normalized spacial score (nSPS) is 10.4. The Kier molecular flexibility index (Phi) is 4.61. The highest BCUT2D eigenvalue weighted by molar-refractivity contribution is 5.66. The van der Waals surface area contributed by atoms with Crippen molar-refractivity contribution in [2.24, 2.45) is 0 Å². The van der Waals surface area contributed by atoms with Crippen LogP contribution in [0.5, 0.6) is 0 Å². The molecule has 1 heterocycles. The van der Waals surface area contributed by atoms with Gasteiger partial charge in [0.25, 0.3) is 0 Å². The first-order chi connectivity index (χ1) is 9.60. The number of pyridine rings is 1. The number of anilines is 3. The molecule has 0 spiro atoms. The van der Waals surface area contributed by atoms with Gasteiger partial charge in [0.2, 0.25) is 0 Å². The molecule has 0 amide bonds. The Bertz CT molecular complexity index is 558. The maximum atomic E-state index is 4.32. The minimum atomic E-state index is 0.971. The summed E-state index contributed by atoms with van der Waals surface area (Å²) in [7, 11) is 2.08. The molecule has 1 N–H and O–H groups in total. The monoisotopic (exact) mass is 269 g/mol.